The van der Waals surface area contributed by atoms with Crippen LogP contribution >= 0.6 is 0 Å². The molecule has 0 spiro atoms. The lowest BCUT2D eigenvalue weighted by atomic mass is 10.2. The van der Waals surface area contributed by atoms with Crippen LogP contribution in [0, 0.1) is 17.0 Å². The second-order valence-electron chi connectivity index (χ2n) is 6.24. The Hall–Kier alpha value is -2.98. The second kappa shape index (κ2) is 8.36. The number of ether oxygens (including phenoxy) is 1. The lowest BCUT2D eigenvalue weighted by Crippen LogP contribution is -2.30. The van der Waals surface area contributed by atoms with Gasteiger partial charge in [0, 0.05) is 25.8 Å². The van der Waals surface area contributed by atoms with Crippen molar-refractivity contribution in [2.45, 2.75) is 24.8 Å². The van der Waals surface area contributed by atoms with Crippen LogP contribution in [-0.4, -0.2) is 43.8 Å². The summed E-state index contributed by atoms with van der Waals surface area (Å²) in [5.41, 5.74) is 0.715. The van der Waals surface area contributed by atoms with Crippen LogP contribution in [0.4, 0.5) is 11.4 Å². The van der Waals surface area contributed by atoms with Crippen LogP contribution in [0.2, 0.25) is 0 Å². The predicted molar refractivity (Wildman–Crippen MR) is 104 cm³/mol. The van der Waals surface area contributed by atoms with E-state index in [-0.39, 0.29) is 16.3 Å². The Balaban J connectivity index is 2.22. The summed E-state index contributed by atoms with van der Waals surface area (Å²) in [6.07, 6.45) is -1.05. The molecule has 1 amide bonds. The molecular weight excluding hydrogens is 386 g/mol. The van der Waals surface area contributed by atoms with Gasteiger partial charge in [-0.15, -0.1) is 0 Å². The first-order chi connectivity index (χ1) is 13.0. The van der Waals surface area contributed by atoms with Crippen molar-refractivity contribution in [1.29, 1.82) is 0 Å². The van der Waals surface area contributed by atoms with Gasteiger partial charge in [-0.3, -0.25) is 14.9 Å². The van der Waals surface area contributed by atoms with Gasteiger partial charge in [0.1, 0.15) is 0 Å². The molecule has 9 nitrogen and oxygen atoms in total. The van der Waals surface area contributed by atoms with E-state index in [1.807, 2.05) is 0 Å². The smallest absolute Gasteiger partial charge is 0.310 e. The van der Waals surface area contributed by atoms with E-state index in [2.05, 4.69) is 5.32 Å². The van der Waals surface area contributed by atoms with Crippen molar-refractivity contribution in [3.8, 4) is 5.75 Å². The predicted octanol–water partition coefficient (Wildman–Crippen LogP) is 2.56. The second-order valence-corrected chi connectivity index (χ2v) is 8.39. The monoisotopic (exact) mass is 407 g/mol. The van der Waals surface area contributed by atoms with E-state index >= 15 is 0 Å². The van der Waals surface area contributed by atoms with Crippen LogP contribution in [0.1, 0.15) is 12.5 Å². The Morgan fingerprint density at radius 1 is 1.21 bits per heavy atom. The number of benzene rings is 2. The van der Waals surface area contributed by atoms with Crippen LogP contribution in [0.25, 0.3) is 0 Å². The number of amides is 1. The fraction of sp³-hybridized carbons (Fsp3) is 0.278. The van der Waals surface area contributed by atoms with Crippen molar-refractivity contribution in [3.05, 3.63) is 58.1 Å². The van der Waals surface area contributed by atoms with E-state index < -0.39 is 27.0 Å². The third-order valence-electron chi connectivity index (χ3n) is 3.98. The molecule has 0 radical (unpaired) electrons. The summed E-state index contributed by atoms with van der Waals surface area (Å²) in [6, 6.07) is 10.1. The van der Waals surface area contributed by atoms with Gasteiger partial charge in [-0.1, -0.05) is 18.2 Å². The van der Waals surface area contributed by atoms with E-state index in [4.69, 9.17) is 4.74 Å². The highest BCUT2D eigenvalue weighted by atomic mass is 32.2. The number of rotatable bonds is 7. The SMILES string of the molecule is Cc1ccc(S(=O)(=O)N(C)C)cc1NC(=O)C(C)Oc1ccccc1[N+](=O)[O-]. The van der Waals surface area contributed by atoms with Crippen molar-refractivity contribution >= 4 is 27.3 Å². The molecule has 28 heavy (non-hydrogen) atoms. The lowest BCUT2D eigenvalue weighted by Gasteiger charge is -2.17. The molecule has 0 aromatic heterocycles. The molecule has 0 aliphatic carbocycles. The highest BCUT2D eigenvalue weighted by Crippen LogP contribution is 2.27. The number of nitro groups is 1. The summed E-state index contributed by atoms with van der Waals surface area (Å²) in [6.45, 7) is 3.16. The Kier molecular flexibility index (Phi) is 6.37. The van der Waals surface area contributed by atoms with Crippen LogP contribution in [-0.2, 0) is 14.8 Å². The fourth-order valence-electron chi connectivity index (χ4n) is 2.29. The van der Waals surface area contributed by atoms with Crippen LogP contribution in [0.15, 0.2) is 47.4 Å². The average Bonchev–Trinajstić information content (AvgIpc) is 2.63. The zero-order valence-corrected chi connectivity index (χ0v) is 16.7. The molecule has 150 valence electrons. The zero-order chi connectivity index (χ0) is 21.1. The Morgan fingerprint density at radius 3 is 2.46 bits per heavy atom. The van der Waals surface area contributed by atoms with Crippen molar-refractivity contribution in [2.75, 3.05) is 19.4 Å². The summed E-state index contributed by atoms with van der Waals surface area (Å²) in [7, 11) is -0.834. The standard InChI is InChI=1S/C18H21N3O6S/c1-12-9-10-14(28(25,26)20(3)4)11-15(12)19-18(22)13(2)27-17-8-6-5-7-16(17)21(23)24/h5-11,13H,1-4H3,(H,19,22). The molecule has 1 unspecified atom stereocenters. The number of sulfonamides is 1. The van der Waals surface area contributed by atoms with Gasteiger partial charge in [-0.2, -0.15) is 0 Å². The van der Waals surface area contributed by atoms with Crippen molar-refractivity contribution < 1.29 is 22.9 Å². The summed E-state index contributed by atoms with van der Waals surface area (Å²) in [5, 5.41) is 13.7. The molecule has 0 saturated heterocycles. The fourth-order valence-corrected chi connectivity index (χ4v) is 3.22. The van der Waals surface area contributed by atoms with E-state index in [9.17, 15) is 23.3 Å². The van der Waals surface area contributed by atoms with Crippen LogP contribution < -0.4 is 10.1 Å². The lowest BCUT2D eigenvalue weighted by molar-refractivity contribution is -0.386. The molecule has 2 aromatic carbocycles. The van der Waals surface area contributed by atoms with E-state index in [0.29, 0.717) is 11.3 Å². The van der Waals surface area contributed by atoms with Gasteiger partial charge >= 0.3 is 5.69 Å². The normalized spacial score (nSPS) is 12.5. The first-order valence-corrected chi connectivity index (χ1v) is 9.72. The molecule has 1 atom stereocenters. The number of carbonyl (C=O) groups is 1. The topological polar surface area (TPSA) is 119 Å². The Bertz CT molecular complexity index is 1000. The van der Waals surface area contributed by atoms with Crippen LogP contribution in [0.5, 0.6) is 5.75 Å². The maximum atomic E-state index is 12.5. The maximum absolute atomic E-state index is 12.5. The van der Waals surface area contributed by atoms with Gasteiger partial charge in [-0.25, -0.2) is 12.7 Å². The molecule has 0 aliphatic rings. The van der Waals surface area contributed by atoms with Gasteiger partial charge < -0.3 is 10.1 Å². The molecule has 0 fully saturated rings. The quantitative estimate of drug-likeness (QED) is 0.556. The highest BCUT2D eigenvalue weighted by molar-refractivity contribution is 7.89. The minimum absolute atomic E-state index is 0.0317. The zero-order valence-electron chi connectivity index (χ0n) is 15.9. The molecule has 10 heteroatoms. The summed E-state index contributed by atoms with van der Waals surface area (Å²) in [4.78, 5) is 23.0. The van der Waals surface area contributed by atoms with Crippen molar-refractivity contribution in [2.24, 2.45) is 0 Å². The molecule has 0 bridgehead atoms. The third kappa shape index (κ3) is 4.65. The van der Waals surface area contributed by atoms with Gasteiger partial charge in [0.05, 0.1) is 9.82 Å². The minimum Gasteiger partial charge on any atom is -0.474 e. The van der Waals surface area contributed by atoms with E-state index in [1.54, 1.807) is 19.1 Å². The van der Waals surface area contributed by atoms with E-state index in [0.717, 1.165) is 4.31 Å². The number of carbonyl (C=O) groups excluding carboxylic acids is 1. The largest absolute Gasteiger partial charge is 0.474 e. The minimum atomic E-state index is -3.66. The Labute approximate surface area is 163 Å². The summed E-state index contributed by atoms with van der Waals surface area (Å²) >= 11 is 0. The Morgan fingerprint density at radius 2 is 1.86 bits per heavy atom. The number of nitrogens with zero attached hydrogens (tertiary/aromatic N) is 2. The van der Waals surface area contributed by atoms with Gasteiger partial charge in [0.25, 0.3) is 5.91 Å². The number of anilines is 1. The highest BCUT2D eigenvalue weighted by Gasteiger charge is 2.23. The van der Waals surface area contributed by atoms with E-state index in [1.165, 1.54) is 51.4 Å². The number of para-hydroxylation sites is 2. The molecule has 0 aliphatic heterocycles. The van der Waals surface area contributed by atoms with Crippen LogP contribution in [0.3, 0.4) is 0 Å². The third-order valence-corrected chi connectivity index (χ3v) is 5.79. The first kappa shape index (κ1) is 21.3. The molecular formula is C18H21N3O6S. The number of hydrogen-bond donors (Lipinski definition) is 1. The number of hydrogen-bond acceptors (Lipinski definition) is 6. The summed E-state index contributed by atoms with van der Waals surface area (Å²) in [5.74, 6) is -0.600. The van der Waals surface area contributed by atoms with Crippen molar-refractivity contribution in [1.82, 2.24) is 4.31 Å². The van der Waals surface area contributed by atoms with Crippen molar-refractivity contribution in [3.63, 3.8) is 0 Å². The number of nitrogens with one attached hydrogen (secondary N) is 1. The van der Waals surface area contributed by atoms with Gasteiger partial charge in [0.2, 0.25) is 10.0 Å². The van der Waals surface area contributed by atoms with Gasteiger partial charge in [-0.05, 0) is 37.6 Å². The maximum Gasteiger partial charge on any atom is 0.310 e. The summed E-state index contributed by atoms with van der Waals surface area (Å²) < 4.78 is 31.1. The molecule has 2 aromatic rings. The van der Waals surface area contributed by atoms with Gasteiger partial charge in [0.15, 0.2) is 11.9 Å². The molecule has 0 heterocycles. The molecule has 2 rings (SSSR count). The first-order valence-electron chi connectivity index (χ1n) is 8.28. The number of aryl methyl sites for hydroxylation is 1. The average molecular weight is 407 g/mol. The molecule has 1 N–H and O–H groups in total. The number of nitro benzene ring substituents is 1. The molecule has 0 saturated carbocycles.